The second-order valence-corrected chi connectivity index (χ2v) is 12.0. The first kappa shape index (κ1) is 20.9. The molecule has 5 rings (SSSR count). The molecule has 0 unspecified atom stereocenters. The van der Waals surface area contributed by atoms with E-state index in [1.807, 2.05) is 6.20 Å². The van der Waals surface area contributed by atoms with Gasteiger partial charge in [-0.3, -0.25) is 4.98 Å². The highest BCUT2D eigenvalue weighted by Crippen LogP contribution is 2.68. The Labute approximate surface area is 182 Å². The van der Waals surface area contributed by atoms with E-state index >= 15 is 0 Å². The number of rotatable bonds is 2. The van der Waals surface area contributed by atoms with Crippen molar-refractivity contribution in [3.63, 3.8) is 0 Å². The third-order valence-electron chi connectivity index (χ3n) is 10.7. The van der Waals surface area contributed by atoms with Crippen molar-refractivity contribution in [2.45, 2.75) is 97.2 Å². The largest absolute Gasteiger partial charge is 0.393 e. The Morgan fingerprint density at radius 2 is 1.73 bits per heavy atom. The van der Waals surface area contributed by atoms with Crippen LogP contribution < -0.4 is 0 Å². The molecule has 4 saturated carbocycles. The van der Waals surface area contributed by atoms with Gasteiger partial charge in [0, 0.05) is 17.8 Å². The molecule has 10 atom stereocenters. The van der Waals surface area contributed by atoms with Crippen LogP contribution >= 0.6 is 0 Å². The molecule has 4 fully saturated rings. The summed E-state index contributed by atoms with van der Waals surface area (Å²) >= 11 is 0. The van der Waals surface area contributed by atoms with Gasteiger partial charge in [0.15, 0.2) is 0 Å². The number of aliphatic hydroxyl groups is 2. The maximum absolute atomic E-state index is 11.3. The zero-order valence-electron chi connectivity index (χ0n) is 19.3. The molecule has 4 aliphatic rings. The number of aliphatic hydroxyl groups excluding tert-OH is 2. The molecule has 0 radical (unpaired) electrons. The minimum atomic E-state index is -0.212. The first-order valence-electron chi connectivity index (χ1n) is 12.5. The third kappa shape index (κ3) is 3.02. The van der Waals surface area contributed by atoms with Crippen LogP contribution in [0.5, 0.6) is 0 Å². The maximum Gasteiger partial charge on any atom is 0.0583 e. The Bertz CT molecular complexity index is 778. The third-order valence-corrected chi connectivity index (χ3v) is 10.7. The van der Waals surface area contributed by atoms with E-state index in [1.54, 1.807) is 0 Å². The molecule has 3 heteroatoms. The summed E-state index contributed by atoms with van der Waals surface area (Å²) in [6.07, 6.45) is 11.0. The van der Waals surface area contributed by atoms with E-state index in [4.69, 9.17) is 4.98 Å². The average Bonchev–Trinajstić information content (AvgIpc) is 2.98. The van der Waals surface area contributed by atoms with Gasteiger partial charge in [-0.05, 0) is 110 Å². The summed E-state index contributed by atoms with van der Waals surface area (Å²) in [7, 11) is 0. The van der Waals surface area contributed by atoms with Crippen molar-refractivity contribution >= 4 is 0 Å². The van der Waals surface area contributed by atoms with Crippen molar-refractivity contribution in [3.8, 4) is 0 Å². The van der Waals surface area contributed by atoms with E-state index in [2.05, 4.69) is 39.8 Å². The number of hydrogen-bond donors (Lipinski definition) is 2. The summed E-state index contributed by atoms with van der Waals surface area (Å²) in [5, 5.41) is 21.6. The smallest absolute Gasteiger partial charge is 0.0583 e. The number of fused-ring (bicyclic) bond motifs is 5. The number of aromatic nitrogens is 1. The summed E-state index contributed by atoms with van der Waals surface area (Å²) in [4.78, 5) is 4.74. The monoisotopic (exact) mass is 411 g/mol. The molecule has 4 aliphatic carbocycles. The number of nitrogens with zero attached hydrogens (tertiary/aromatic N) is 1. The van der Waals surface area contributed by atoms with Crippen molar-refractivity contribution in [2.24, 2.45) is 40.4 Å². The van der Waals surface area contributed by atoms with Gasteiger partial charge in [0.25, 0.3) is 0 Å². The maximum atomic E-state index is 11.3. The van der Waals surface area contributed by atoms with Crippen molar-refractivity contribution in [3.05, 3.63) is 29.6 Å². The summed E-state index contributed by atoms with van der Waals surface area (Å²) in [5.74, 6) is 3.46. The molecule has 2 N–H and O–H groups in total. The quantitative estimate of drug-likeness (QED) is 0.677. The first-order chi connectivity index (χ1) is 14.2. The second kappa shape index (κ2) is 7.30. The first-order valence-corrected chi connectivity index (χ1v) is 12.5. The van der Waals surface area contributed by atoms with E-state index in [-0.39, 0.29) is 17.6 Å². The molecule has 166 valence electrons. The molecule has 1 heterocycles. The van der Waals surface area contributed by atoms with Gasteiger partial charge in [0.05, 0.1) is 12.2 Å². The van der Waals surface area contributed by atoms with Crippen LogP contribution in [0.3, 0.4) is 0 Å². The molecule has 30 heavy (non-hydrogen) atoms. The van der Waals surface area contributed by atoms with Gasteiger partial charge >= 0.3 is 0 Å². The molecule has 0 saturated heterocycles. The van der Waals surface area contributed by atoms with Gasteiger partial charge in [-0.15, -0.1) is 0 Å². The van der Waals surface area contributed by atoms with Crippen LogP contribution in [0.4, 0.5) is 0 Å². The number of hydrogen-bond acceptors (Lipinski definition) is 3. The average molecular weight is 412 g/mol. The van der Waals surface area contributed by atoms with Gasteiger partial charge in [0.2, 0.25) is 0 Å². The standard InChI is InChI=1S/C27H41NO2/c1-16-5-8-23(28-15-16)17(2)25-24(30)14-22-20-7-6-18-13-19(29)9-11-26(18,3)21(20)10-12-27(22,25)4/h5,8,15,17-22,24-25,29-30H,6-7,9-14H2,1-4H3/t17-,18+,19+,20-,21+,22+,24-,25+,26+,27+/m1/s1. The van der Waals surface area contributed by atoms with Gasteiger partial charge in [-0.2, -0.15) is 0 Å². The lowest BCUT2D eigenvalue weighted by molar-refractivity contribution is -0.128. The van der Waals surface area contributed by atoms with Crippen LogP contribution in [0.25, 0.3) is 0 Å². The van der Waals surface area contributed by atoms with Crippen LogP contribution in [0.1, 0.15) is 89.3 Å². The zero-order valence-corrected chi connectivity index (χ0v) is 19.3. The molecule has 3 nitrogen and oxygen atoms in total. The molecule has 0 bridgehead atoms. The molecule has 0 amide bonds. The van der Waals surface area contributed by atoms with Gasteiger partial charge < -0.3 is 10.2 Å². The Balaban J connectivity index is 1.42. The molecule has 0 aliphatic heterocycles. The predicted molar refractivity (Wildman–Crippen MR) is 120 cm³/mol. The summed E-state index contributed by atoms with van der Waals surface area (Å²) in [6, 6.07) is 4.34. The van der Waals surface area contributed by atoms with Crippen LogP contribution in [-0.2, 0) is 0 Å². The van der Waals surface area contributed by atoms with E-state index in [0.29, 0.717) is 29.1 Å². The molecule has 1 aromatic rings. The minimum Gasteiger partial charge on any atom is -0.393 e. The molecule has 0 aromatic carbocycles. The lowest BCUT2D eigenvalue weighted by Gasteiger charge is -2.61. The SMILES string of the molecule is Cc1ccc([C@@H](C)[C@H]2[C@H](O)C[C@H]3[C@@H]4CC[C@H]5C[C@@H](O)CC[C@]5(C)[C@H]4CC[C@]23C)nc1. The van der Waals surface area contributed by atoms with E-state index < -0.39 is 0 Å². The van der Waals surface area contributed by atoms with Crippen molar-refractivity contribution < 1.29 is 10.2 Å². The highest BCUT2D eigenvalue weighted by Gasteiger charge is 2.62. The Kier molecular flexibility index (Phi) is 5.10. The molecule has 0 spiro atoms. The highest BCUT2D eigenvalue weighted by atomic mass is 16.3. The Morgan fingerprint density at radius 1 is 0.967 bits per heavy atom. The fraction of sp³-hybridized carbons (Fsp3) is 0.815. The topological polar surface area (TPSA) is 53.4 Å². The minimum absolute atomic E-state index is 0.0750. The summed E-state index contributed by atoms with van der Waals surface area (Å²) < 4.78 is 0. The summed E-state index contributed by atoms with van der Waals surface area (Å²) in [5.41, 5.74) is 2.95. The normalized spacial score (nSPS) is 49.1. The number of pyridine rings is 1. The zero-order chi connectivity index (χ0) is 21.3. The second-order valence-electron chi connectivity index (χ2n) is 12.0. The van der Waals surface area contributed by atoms with Crippen LogP contribution in [0, 0.1) is 47.3 Å². The highest BCUT2D eigenvalue weighted by molar-refractivity contribution is 5.20. The van der Waals surface area contributed by atoms with E-state index in [1.165, 1.54) is 37.7 Å². The van der Waals surface area contributed by atoms with Crippen LogP contribution in [0.2, 0.25) is 0 Å². The summed E-state index contributed by atoms with van der Waals surface area (Å²) in [6.45, 7) is 9.43. The van der Waals surface area contributed by atoms with Crippen molar-refractivity contribution in [1.82, 2.24) is 4.98 Å². The van der Waals surface area contributed by atoms with Crippen LogP contribution in [0.15, 0.2) is 18.3 Å². The lowest BCUT2D eigenvalue weighted by Crippen LogP contribution is -2.54. The fourth-order valence-corrected chi connectivity index (χ4v) is 9.12. The van der Waals surface area contributed by atoms with Gasteiger partial charge in [-0.25, -0.2) is 0 Å². The van der Waals surface area contributed by atoms with Gasteiger partial charge in [0.1, 0.15) is 0 Å². The van der Waals surface area contributed by atoms with Crippen molar-refractivity contribution in [1.29, 1.82) is 0 Å². The van der Waals surface area contributed by atoms with E-state index in [0.717, 1.165) is 36.8 Å². The van der Waals surface area contributed by atoms with Gasteiger partial charge in [-0.1, -0.05) is 26.8 Å². The Hall–Kier alpha value is -0.930. The fourth-order valence-electron chi connectivity index (χ4n) is 9.12. The molecular weight excluding hydrogens is 370 g/mol. The predicted octanol–water partition coefficient (Wildman–Crippen LogP) is 5.48. The molecule has 1 aromatic heterocycles. The van der Waals surface area contributed by atoms with Crippen LogP contribution in [-0.4, -0.2) is 27.4 Å². The van der Waals surface area contributed by atoms with E-state index in [9.17, 15) is 10.2 Å². The molecular formula is C27H41NO2. The van der Waals surface area contributed by atoms with Crippen molar-refractivity contribution in [2.75, 3.05) is 0 Å². The lowest BCUT2D eigenvalue weighted by atomic mass is 9.44. The number of aryl methyl sites for hydroxylation is 1. The Morgan fingerprint density at radius 3 is 2.47 bits per heavy atom.